The Balaban J connectivity index is 2.16. The maximum Gasteiger partial charge on any atom is 0.329 e. The molecule has 3 rings (SSSR count). The fourth-order valence-electron chi connectivity index (χ4n) is 3.42. The van der Waals surface area contributed by atoms with Crippen LogP contribution in [0, 0.1) is 5.82 Å². The van der Waals surface area contributed by atoms with E-state index in [1.54, 1.807) is 13.0 Å². The number of esters is 1. The number of carbonyl (C=O) groups is 1. The molecule has 7 heteroatoms. The summed E-state index contributed by atoms with van der Waals surface area (Å²) in [5.41, 5.74) is 6.87. The zero-order valence-corrected chi connectivity index (χ0v) is 15.2. The number of fused-ring (bicyclic) bond motifs is 1. The van der Waals surface area contributed by atoms with Gasteiger partial charge in [-0.15, -0.1) is 0 Å². The summed E-state index contributed by atoms with van der Waals surface area (Å²) in [7, 11) is 0. The van der Waals surface area contributed by atoms with E-state index >= 15 is 0 Å². The van der Waals surface area contributed by atoms with Gasteiger partial charge in [0.25, 0.3) is 5.56 Å². The molecular formula is C19H20ClFN2O3. The summed E-state index contributed by atoms with van der Waals surface area (Å²) in [6.45, 7) is 1.98. The van der Waals surface area contributed by atoms with Crippen LogP contribution in [0.1, 0.15) is 37.9 Å². The third-order valence-electron chi connectivity index (χ3n) is 4.59. The highest BCUT2D eigenvalue weighted by Crippen LogP contribution is 2.34. The molecule has 1 aromatic carbocycles. The van der Waals surface area contributed by atoms with Gasteiger partial charge in [0.05, 0.1) is 11.6 Å². The Morgan fingerprint density at radius 3 is 2.88 bits per heavy atom. The quantitative estimate of drug-likeness (QED) is 0.652. The second-order valence-corrected chi connectivity index (χ2v) is 6.69. The number of ether oxygens (including phenoxy) is 1. The molecule has 0 amide bonds. The second-order valence-electron chi connectivity index (χ2n) is 6.28. The number of carbonyl (C=O) groups excluding carboxylic acids is 1. The lowest BCUT2D eigenvalue weighted by Crippen LogP contribution is -2.32. The highest BCUT2D eigenvalue weighted by Gasteiger charge is 2.28. The Kier molecular flexibility index (Phi) is 5.32. The maximum absolute atomic E-state index is 14.5. The van der Waals surface area contributed by atoms with Gasteiger partial charge in [-0.3, -0.25) is 9.36 Å². The lowest BCUT2D eigenvalue weighted by molar-refractivity contribution is -0.147. The van der Waals surface area contributed by atoms with Crippen LogP contribution in [0.4, 0.5) is 10.1 Å². The minimum Gasteiger partial charge on any atom is -0.464 e. The average molecular weight is 379 g/mol. The summed E-state index contributed by atoms with van der Waals surface area (Å²) in [5, 5.41) is -0.0614. The molecule has 0 saturated heterocycles. The summed E-state index contributed by atoms with van der Waals surface area (Å²) in [4.78, 5) is 25.1. The van der Waals surface area contributed by atoms with Crippen LogP contribution >= 0.6 is 11.6 Å². The molecule has 1 aliphatic heterocycles. The maximum atomic E-state index is 14.5. The molecule has 1 atom stereocenters. The van der Waals surface area contributed by atoms with Gasteiger partial charge in [-0.1, -0.05) is 18.0 Å². The monoisotopic (exact) mass is 378 g/mol. The summed E-state index contributed by atoms with van der Waals surface area (Å²) in [5.74, 6) is -1.08. The largest absolute Gasteiger partial charge is 0.464 e. The SMILES string of the molecule is CCOC(=O)C1CCCCc2cc(-c3c(N)ccc(Cl)c3F)cc(=O)n21. The van der Waals surface area contributed by atoms with Crippen molar-refractivity contribution in [2.75, 3.05) is 12.3 Å². The van der Waals surface area contributed by atoms with Crippen LogP contribution in [-0.2, 0) is 16.0 Å². The number of rotatable bonds is 3. The Labute approximate surface area is 155 Å². The molecule has 138 valence electrons. The van der Waals surface area contributed by atoms with Crippen LogP contribution < -0.4 is 11.3 Å². The smallest absolute Gasteiger partial charge is 0.329 e. The number of anilines is 1. The van der Waals surface area contributed by atoms with Crippen molar-refractivity contribution in [3.8, 4) is 11.1 Å². The van der Waals surface area contributed by atoms with Crippen molar-refractivity contribution in [3.63, 3.8) is 0 Å². The molecule has 2 aromatic rings. The first-order valence-electron chi connectivity index (χ1n) is 8.60. The minimum atomic E-state index is -0.661. The Hall–Kier alpha value is -2.34. The fourth-order valence-corrected chi connectivity index (χ4v) is 3.58. The van der Waals surface area contributed by atoms with Crippen molar-refractivity contribution < 1.29 is 13.9 Å². The van der Waals surface area contributed by atoms with E-state index in [1.165, 1.54) is 22.8 Å². The number of benzene rings is 1. The first kappa shape index (κ1) is 18.5. The molecule has 0 radical (unpaired) electrons. The normalized spacial score (nSPS) is 16.7. The van der Waals surface area contributed by atoms with Gasteiger partial charge in [-0.05, 0) is 49.9 Å². The van der Waals surface area contributed by atoms with E-state index in [1.807, 2.05) is 0 Å². The van der Waals surface area contributed by atoms with E-state index in [2.05, 4.69) is 0 Å². The van der Waals surface area contributed by atoms with Crippen LogP contribution in [0.2, 0.25) is 5.02 Å². The fraction of sp³-hybridized carbons (Fsp3) is 0.368. The number of aryl methyl sites for hydroxylation is 1. The van der Waals surface area contributed by atoms with Crippen LogP contribution in [-0.4, -0.2) is 17.1 Å². The lowest BCUT2D eigenvalue weighted by atomic mass is 10.0. The molecule has 1 aliphatic rings. The van der Waals surface area contributed by atoms with Gasteiger partial charge < -0.3 is 10.5 Å². The van der Waals surface area contributed by atoms with E-state index in [-0.39, 0.29) is 28.4 Å². The van der Waals surface area contributed by atoms with Crippen LogP contribution in [0.15, 0.2) is 29.1 Å². The number of hydrogen-bond donors (Lipinski definition) is 1. The third-order valence-corrected chi connectivity index (χ3v) is 4.89. The number of halogens is 2. The Morgan fingerprint density at radius 2 is 2.15 bits per heavy atom. The summed E-state index contributed by atoms with van der Waals surface area (Å²) in [6, 6.07) is 5.24. The van der Waals surface area contributed by atoms with E-state index in [0.29, 0.717) is 24.1 Å². The van der Waals surface area contributed by atoms with Crippen LogP contribution in [0.5, 0.6) is 0 Å². The standard InChI is InChI=1S/C19H20ClFN2O3/c1-2-26-19(25)15-6-4-3-5-12-9-11(10-16(24)23(12)15)17-14(22)8-7-13(20)18(17)21/h7-10,15H,2-6,22H2,1H3. The van der Waals surface area contributed by atoms with Gasteiger partial charge in [0, 0.05) is 23.0 Å². The second kappa shape index (κ2) is 7.50. The predicted molar refractivity (Wildman–Crippen MR) is 98.7 cm³/mol. The molecule has 0 saturated carbocycles. The minimum absolute atomic E-state index is 0.0614. The van der Waals surface area contributed by atoms with E-state index in [9.17, 15) is 14.0 Å². The first-order chi connectivity index (χ1) is 12.4. The summed E-state index contributed by atoms with van der Waals surface area (Å²) >= 11 is 5.87. The predicted octanol–water partition coefficient (Wildman–Crippen LogP) is 3.72. The third kappa shape index (κ3) is 3.33. The Morgan fingerprint density at radius 1 is 1.38 bits per heavy atom. The molecular weight excluding hydrogens is 359 g/mol. The van der Waals surface area contributed by atoms with Crippen molar-refractivity contribution >= 4 is 23.3 Å². The molecule has 0 fully saturated rings. The summed E-state index contributed by atoms with van der Waals surface area (Å²) < 4.78 is 21.1. The van der Waals surface area contributed by atoms with Crippen molar-refractivity contribution in [1.29, 1.82) is 0 Å². The molecule has 26 heavy (non-hydrogen) atoms. The van der Waals surface area contributed by atoms with Gasteiger partial charge in [0.1, 0.15) is 6.04 Å². The zero-order chi connectivity index (χ0) is 18.8. The van der Waals surface area contributed by atoms with E-state index in [4.69, 9.17) is 22.1 Å². The molecule has 2 heterocycles. The Bertz CT molecular complexity index is 910. The zero-order valence-electron chi connectivity index (χ0n) is 14.4. The van der Waals surface area contributed by atoms with Gasteiger partial charge in [0.2, 0.25) is 0 Å². The molecule has 5 nitrogen and oxygen atoms in total. The molecule has 1 unspecified atom stereocenters. The lowest BCUT2D eigenvalue weighted by Gasteiger charge is -2.20. The highest BCUT2D eigenvalue weighted by molar-refractivity contribution is 6.31. The number of nitrogens with two attached hydrogens (primary N) is 1. The van der Waals surface area contributed by atoms with Gasteiger partial charge in [-0.2, -0.15) is 0 Å². The van der Waals surface area contributed by atoms with Crippen molar-refractivity contribution in [3.05, 3.63) is 51.2 Å². The average Bonchev–Trinajstić information content (AvgIpc) is 2.82. The number of aromatic nitrogens is 1. The van der Waals surface area contributed by atoms with Gasteiger partial charge >= 0.3 is 5.97 Å². The molecule has 0 spiro atoms. The molecule has 0 bridgehead atoms. The van der Waals surface area contributed by atoms with E-state index < -0.39 is 17.8 Å². The number of pyridine rings is 1. The van der Waals surface area contributed by atoms with Gasteiger partial charge in [-0.25, -0.2) is 9.18 Å². The van der Waals surface area contributed by atoms with Crippen LogP contribution in [0.25, 0.3) is 11.1 Å². The molecule has 2 N–H and O–H groups in total. The highest BCUT2D eigenvalue weighted by atomic mass is 35.5. The number of nitrogens with zero attached hydrogens (tertiary/aromatic N) is 1. The molecule has 1 aromatic heterocycles. The summed E-state index contributed by atoms with van der Waals surface area (Å²) in [6.07, 6.45) is 2.78. The number of nitrogen functional groups attached to an aromatic ring is 1. The number of hydrogen-bond acceptors (Lipinski definition) is 4. The van der Waals surface area contributed by atoms with Crippen molar-refractivity contribution in [2.45, 2.75) is 38.6 Å². The van der Waals surface area contributed by atoms with Gasteiger partial charge in [0.15, 0.2) is 5.82 Å². The van der Waals surface area contributed by atoms with Crippen molar-refractivity contribution in [2.24, 2.45) is 0 Å². The first-order valence-corrected chi connectivity index (χ1v) is 8.97. The van der Waals surface area contributed by atoms with E-state index in [0.717, 1.165) is 12.8 Å². The topological polar surface area (TPSA) is 74.3 Å². The van der Waals surface area contributed by atoms with Crippen molar-refractivity contribution in [1.82, 2.24) is 4.57 Å². The molecule has 0 aliphatic carbocycles. The van der Waals surface area contributed by atoms with Crippen LogP contribution in [0.3, 0.4) is 0 Å².